The normalized spacial score (nSPS) is 12.1. The van der Waals surface area contributed by atoms with Crippen molar-refractivity contribution in [2.45, 2.75) is 0 Å². The quantitative estimate of drug-likeness (QED) is 0.183. The molecule has 0 saturated heterocycles. The van der Waals surface area contributed by atoms with Gasteiger partial charge in [-0.3, -0.25) is 0 Å². The molecule has 3 nitrogen and oxygen atoms in total. The molecule has 49 heavy (non-hydrogen) atoms. The fourth-order valence-electron chi connectivity index (χ4n) is 7.96. The molecular formula is C46H26O3. The third kappa shape index (κ3) is 3.78. The maximum absolute atomic E-state index is 6.58. The zero-order chi connectivity index (χ0) is 32.1. The highest BCUT2D eigenvalue weighted by Gasteiger charge is 2.21. The molecule has 0 amide bonds. The van der Waals surface area contributed by atoms with Crippen LogP contribution in [0, 0.1) is 0 Å². The van der Waals surface area contributed by atoms with Crippen LogP contribution in [0.4, 0.5) is 0 Å². The minimum absolute atomic E-state index is 0.847. The molecule has 8 aromatic carbocycles. The Hall–Kier alpha value is -6.58. The van der Waals surface area contributed by atoms with Crippen LogP contribution in [0.25, 0.3) is 110 Å². The van der Waals surface area contributed by atoms with Crippen LogP contribution in [-0.2, 0) is 0 Å². The van der Waals surface area contributed by atoms with Crippen molar-refractivity contribution in [3.05, 3.63) is 158 Å². The summed E-state index contributed by atoms with van der Waals surface area (Å²) in [6.45, 7) is 0. The number of hydrogen-bond acceptors (Lipinski definition) is 3. The Kier molecular flexibility index (Phi) is 5.38. The number of fused-ring (bicyclic) bond motifs is 10. The van der Waals surface area contributed by atoms with Crippen molar-refractivity contribution in [2.75, 3.05) is 0 Å². The van der Waals surface area contributed by atoms with Gasteiger partial charge in [0.25, 0.3) is 0 Å². The summed E-state index contributed by atoms with van der Waals surface area (Å²) in [6, 6.07) is 55.4. The minimum Gasteiger partial charge on any atom is -0.456 e. The van der Waals surface area contributed by atoms with Gasteiger partial charge in [-0.25, -0.2) is 0 Å². The van der Waals surface area contributed by atoms with E-state index in [1.54, 1.807) is 0 Å². The van der Waals surface area contributed by atoms with Gasteiger partial charge in [0.05, 0.1) is 0 Å². The average Bonchev–Trinajstić information content (AvgIpc) is 3.87. The zero-order valence-corrected chi connectivity index (χ0v) is 26.2. The first kappa shape index (κ1) is 26.5. The van der Waals surface area contributed by atoms with E-state index in [1.165, 1.54) is 32.7 Å². The van der Waals surface area contributed by atoms with Crippen molar-refractivity contribution in [2.24, 2.45) is 0 Å². The second-order valence-electron chi connectivity index (χ2n) is 12.8. The van der Waals surface area contributed by atoms with Gasteiger partial charge in [-0.2, -0.15) is 0 Å². The van der Waals surface area contributed by atoms with Crippen LogP contribution in [0.5, 0.6) is 0 Å². The van der Waals surface area contributed by atoms with E-state index in [-0.39, 0.29) is 0 Å². The summed E-state index contributed by atoms with van der Waals surface area (Å²) in [5.41, 5.74) is 10.0. The summed E-state index contributed by atoms with van der Waals surface area (Å²) in [5.74, 6) is 0.848. The topological polar surface area (TPSA) is 39.4 Å². The van der Waals surface area contributed by atoms with Crippen molar-refractivity contribution in [3.63, 3.8) is 0 Å². The first-order valence-electron chi connectivity index (χ1n) is 16.6. The minimum atomic E-state index is 0.847. The van der Waals surface area contributed by atoms with Crippen molar-refractivity contribution in [1.82, 2.24) is 0 Å². The SMILES string of the molecule is c1ccc(-c2cc3c(ccc4oc5ccc(-c6c7ccccc7c(-c7cccc8c7oc7ccccc78)c7ccccc67)cc5c43)o2)cc1. The first-order valence-corrected chi connectivity index (χ1v) is 16.6. The molecule has 0 aliphatic rings. The smallest absolute Gasteiger partial charge is 0.143 e. The molecule has 11 rings (SSSR count). The molecular weight excluding hydrogens is 601 g/mol. The predicted octanol–water partition coefficient (Wildman–Crippen LogP) is 13.5. The van der Waals surface area contributed by atoms with E-state index >= 15 is 0 Å². The van der Waals surface area contributed by atoms with Crippen LogP contribution in [0.15, 0.2) is 171 Å². The van der Waals surface area contributed by atoms with Gasteiger partial charge < -0.3 is 13.3 Å². The molecule has 0 aliphatic carbocycles. The lowest BCUT2D eigenvalue weighted by atomic mass is 9.85. The molecule has 11 aromatic rings. The molecule has 0 atom stereocenters. The fraction of sp³-hybridized carbons (Fsp3) is 0. The van der Waals surface area contributed by atoms with Crippen LogP contribution in [0.3, 0.4) is 0 Å². The average molecular weight is 627 g/mol. The molecule has 3 heterocycles. The number of para-hydroxylation sites is 2. The van der Waals surface area contributed by atoms with E-state index in [9.17, 15) is 0 Å². The molecule has 3 heteroatoms. The van der Waals surface area contributed by atoms with Gasteiger partial charge in [0.15, 0.2) is 0 Å². The van der Waals surface area contributed by atoms with Gasteiger partial charge in [0, 0.05) is 43.6 Å². The highest BCUT2D eigenvalue weighted by Crippen LogP contribution is 2.47. The molecule has 0 spiro atoms. The lowest BCUT2D eigenvalue weighted by Gasteiger charge is -2.18. The van der Waals surface area contributed by atoms with Crippen molar-refractivity contribution in [3.8, 4) is 33.6 Å². The molecule has 0 fully saturated rings. The van der Waals surface area contributed by atoms with Crippen LogP contribution >= 0.6 is 0 Å². The lowest BCUT2D eigenvalue weighted by molar-refractivity contribution is 0.631. The summed E-state index contributed by atoms with van der Waals surface area (Å²) < 4.78 is 19.4. The summed E-state index contributed by atoms with van der Waals surface area (Å²) in [5, 5.41) is 10.2. The molecule has 0 radical (unpaired) electrons. The highest BCUT2D eigenvalue weighted by atomic mass is 16.3. The summed E-state index contributed by atoms with van der Waals surface area (Å²) >= 11 is 0. The predicted molar refractivity (Wildman–Crippen MR) is 202 cm³/mol. The number of hydrogen-bond donors (Lipinski definition) is 0. The van der Waals surface area contributed by atoms with Crippen molar-refractivity contribution >= 4 is 76.4 Å². The second-order valence-corrected chi connectivity index (χ2v) is 12.8. The fourth-order valence-corrected chi connectivity index (χ4v) is 7.96. The van der Waals surface area contributed by atoms with Crippen molar-refractivity contribution < 1.29 is 13.3 Å². The number of benzene rings is 8. The Bertz CT molecular complexity index is 3040. The monoisotopic (exact) mass is 626 g/mol. The molecule has 0 saturated carbocycles. The Balaban J connectivity index is 1.20. The van der Waals surface area contributed by atoms with Crippen LogP contribution in [0.1, 0.15) is 0 Å². The third-order valence-corrected chi connectivity index (χ3v) is 10.1. The summed E-state index contributed by atoms with van der Waals surface area (Å²) in [4.78, 5) is 0. The maximum Gasteiger partial charge on any atom is 0.143 e. The molecule has 0 unspecified atom stereocenters. The van der Waals surface area contributed by atoms with E-state index < -0.39 is 0 Å². The van der Waals surface area contributed by atoms with Gasteiger partial charge >= 0.3 is 0 Å². The zero-order valence-electron chi connectivity index (χ0n) is 26.2. The molecule has 0 aliphatic heterocycles. The Labute approximate surface area is 280 Å². The Morgan fingerprint density at radius 2 is 0.878 bits per heavy atom. The largest absolute Gasteiger partial charge is 0.456 e. The Morgan fingerprint density at radius 3 is 1.65 bits per heavy atom. The number of rotatable bonds is 3. The molecule has 228 valence electrons. The van der Waals surface area contributed by atoms with Crippen LogP contribution < -0.4 is 0 Å². The highest BCUT2D eigenvalue weighted by molar-refractivity contribution is 6.25. The van der Waals surface area contributed by atoms with Gasteiger partial charge in [-0.05, 0) is 69.1 Å². The van der Waals surface area contributed by atoms with Crippen molar-refractivity contribution in [1.29, 1.82) is 0 Å². The van der Waals surface area contributed by atoms with E-state index in [0.29, 0.717) is 0 Å². The van der Waals surface area contributed by atoms with E-state index in [0.717, 1.165) is 77.3 Å². The molecule has 0 N–H and O–H groups in total. The first-order chi connectivity index (χ1) is 24.3. The lowest BCUT2D eigenvalue weighted by Crippen LogP contribution is -1.91. The Morgan fingerprint density at radius 1 is 0.306 bits per heavy atom. The summed E-state index contributed by atoms with van der Waals surface area (Å²) in [6.07, 6.45) is 0. The van der Waals surface area contributed by atoms with Gasteiger partial charge in [-0.1, -0.05) is 121 Å². The molecule has 0 bridgehead atoms. The maximum atomic E-state index is 6.58. The van der Waals surface area contributed by atoms with Crippen LogP contribution in [-0.4, -0.2) is 0 Å². The van der Waals surface area contributed by atoms with Gasteiger partial charge in [-0.15, -0.1) is 0 Å². The summed E-state index contributed by atoms with van der Waals surface area (Å²) in [7, 11) is 0. The number of furan rings is 3. The third-order valence-electron chi connectivity index (χ3n) is 10.1. The van der Waals surface area contributed by atoms with Gasteiger partial charge in [0.1, 0.15) is 33.7 Å². The van der Waals surface area contributed by atoms with E-state index in [1.807, 2.05) is 42.5 Å². The van der Waals surface area contributed by atoms with Gasteiger partial charge in [0.2, 0.25) is 0 Å². The standard InChI is InChI=1S/C46H26O3/c1-2-11-27(12-3-1)42-26-37-40(48-42)23-24-41-45(37)36-25-28(21-22-39(36)47-41)43-30-14-4-6-16-32(30)44(33-17-7-5-15-31(33)43)35-19-10-18-34-29-13-8-9-20-38(29)49-46(34)35/h1-26H. The van der Waals surface area contributed by atoms with E-state index in [2.05, 4.69) is 115 Å². The molecule has 3 aromatic heterocycles. The van der Waals surface area contributed by atoms with Crippen LogP contribution in [0.2, 0.25) is 0 Å². The second kappa shape index (κ2) is 9.96. The van der Waals surface area contributed by atoms with E-state index in [4.69, 9.17) is 13.3 Å².